The lowest BCUT2D eigenvalue weighted by molar-refractivity contribution is 0.0293. The van der Waals surface area contributed by atoms with Gasteiger partial charge in [0.1, 0.15) is 5.60 Å². The van der Waals surface area contributed by atoms with Gasteiger partial charge in [-0.15, -0.1) is 0 Å². The first-order valence-corrected chi connectivity index (χ1v) is 10.4. The Morgan fingerprint density at radius 1 is 1.29 bits per heavy atom. The zero-order valence-corrected chi connectivity index (χ0v) is 17.1. The van der Waals surface area contributed by atoms with Gasteiger partial charge < -0.3 is 15.0 Å². The lowest BCUT2D eigenvalue weighted by Crippen LogP contribution is -2.36. The van der Waals surface area contributed by atoms with Crippen LogP contribution in [-0.4, -0.2) is 35.7 Å². The molecule has 0 spiro atoms. The van der Waals surface area contributed by atoms with Crippen LogP contribution in [-0.2, 0) is 11.2 Å². The highest BCUT2D eigenvalue weighted by molar-refractivity contribution is 5.86. The highest BCUT2D eigenvalue weighted by atomic mass is 16.6. The molecule has 28 heavy (non-hydrogen) atoms. The number of ether oxygens (including phenoxy) is 1. The van der Waals surface area contributed by atoms with Gasteiger partial charge in [-0.25, -0.2) is 4.79 Å². The van der Waals surface area contributed by atoms with E-state index in [-0.39, 0.29) is 12.1 Å². The number of amides is 1. The molecule has 1 amide bonds. The topological polar surface area (TPSA) is 65.4 Å². The van der Waals surface area contributed by atoms with E-state index in [1.54, 1.807) is 4.90 Å². The van der Waals surface area contributed by atoms with Crippen molar-refractivity contribution < 1.29 is 9.53 Å². The van der Waals surface area contributed by atoms with Crippen LogP contribution in [0.2, 0.25) is 0 Å². The molecule has 1 aromatic carbocycles. The fourth-order valence-corrected chi connectivity index (χ4v) is 4.67. The van der Waals surface area contributed by atoms with E-state index < -0.39 is 5.60 Å². The maximum atomic E-state index is 12.3. The number of hydrogen-bond acceptors (Lipinski definition) is 4. The van der Waals surface area contributed by atoms with Crippen molar-refractivity contribution in [3.63, 3.8) is 0 Å². The molecule has 5 nitrogen and oxygen atoms in total. The summed E-state index contributed by atoms with van der Waals surface area (Å²) in [6.07, 6.45) is 6.34. The van der Waals surface area contributed by atoms with Crippen molar-refractivity contribution >= 4 is 17.4 Å². The van der Waals surface area contributed by atoms with Crippen LogP contribution < -0.4 is 5.32 Å². The quantitative estimate of drug-likeness (QED) is 0.797. The molecule has 4 rings (SSSR count). The summed E-state index contributed by atoms with van der Waals surface area (Å²) in [5.41, 5.74) is 6.90. The number of nitriles is 1. The van der Waals surface area contributed by atoms with Crippen LogP contribution >= 0.6 is 0 Å². The highest BCUT2D eigenvalue weighted by Crippen LogP contribution is 2.46. The van der Waals surface area contributed by atoms with Gasteiger partial charge in [0.05, 0.1) is 11.6 Å². The van der Waals surface area contributed by atoms with Gasteiger partial charge in [0.15, 0.2) is 0 Å². The van der Waals surface area contributed by atoms with Crippen molar-refractivity contribution in [1.29, 1.82) is 5.26 Å². The van der Waals surface area contributed by atoms with E-state index in [1.807, 2.05) is 26.8 Å². The van der Waals surface area contributed by atoms with E-state index in [0.29, 0.717) is 13.1 Å². The molecule has 148 valence electrons. The summed E-state index contributed by atoms with van der Waals surface area (Å²) in [5, 5.41) is 13.2. The molecular formula is C23H29N3O2. The lowest BCUT2D eigenvalue weighted by Gasteiger charge is -2.25. The number of rotatable bonds is 2. The number of hydrogen-bond donors (Lipinski definition) is 1. The molecule has 1 atom stereocenters. The van der Waals surface area contributed by atoms with Gasteiger partial charge in [0.25, 0.3) is 0 Å². The highest BCUT2D eigenvalue weighted by Gasteiger charge is 2.32. The van der Waals surface area contributed by atoms with Crippen molar-refractivity contribution in [3.05, 3.63) is 34.4 Å². The summed E-state index contributed by atoms with van der Waals surface area (Å²) < 4.78 is 5.51. The Hall–Kier alpha value is -2.48. The van der Waals surface area contributed by atoms with Gasteiger partial charge in [-0.3, -0.25) is 0 Å². The van der Waals surface area contributed by atoms with Crippen LogP contribution in [0.15, 0.2) is 17.7 Å². The summed E-state index contributed by atoms with van der Waals surface area (Å²) in [6.45, 7) is 7.04. The molecule has 0 unspecified atom stereocenters. The molecule has 1 fully saturated rings. The standard InChI is InChI=1S/C23H29N3O2/c1-23(2,3)28-22(27)26-11-10-17(14-26)25-20-9-8-16(13-24)19-12-15-6-4-5-7-18(15)21(19)20/h8-9,17,25H,4-7,10-12,14H2,1-3H3/t17-/m0/s1. The first kappa shape index (κ1) is 18.9. The molecule has 0 bridgehead atoms. The van der Waals surface area contributed by atoms with Gasteiger partial charge in [-0.1, -0.05) is 5.57 Å². The normalized spacial score (nSPS) is 21.2. The van der Waals surface area contributed by atoms with E-state index in [4.69, 9.17) is 4.74 Å². The molecular weight excluding hydrogens is 350 g/mol. The van der Waals surface area contributed by atoms with Crippen molar-refractivity contribution in [2.45, 2.75) is 70.9 Å². The van der Waals surface area contributed by atoms with E-state index in [0.717, 1.165) is 36.9 Å². The molecule has 1 saturated heterocycles. The predicted octanol–water partition coefficient (Wildman–Crippen LogP) is 4.86. The van der Waals surface area contributed by atoms with Crippen LogP contribution in [0.25, 0.3) is 5.57 Å². The number of carbonyl (C=O) groups is 1. The average Bonchev–Trinajstić information content (AvgIpc) is 3.25. The molecule has 1 aliphatic heterocycles. The van der Waals surface area contributed by atoms with Crippen molar-refractivity contribution in [2.75, 3.05) is 18.4 Å². The minimum absolute atomic E-state index is 0.206. The van der Waals surface area contributed by atoms with E-state index in [1.165, 1.54) is 35.1 Å². The summed E-state index contributed by atoms with van der Waals surface area (Å²) in [7, 11) is 0. The average molecular weight is 380 g/mol. The Kier molecular flexibility index (Phi) is 4.82. The third-order valence-corrected chi connectivity index (χ3v) is 5.91. The Bertz CT molecular complexity index is 873. The first-order chi connectivity index (χ1) is 13.4. The number of carbonyl (C=O) groups excluding carboxylic acids is 1. The van der Waals surface area contributed by atoms with Crippen molar-refractivity contribution in [2.24, 2.45) is 0 Å². The third-order valence-electron chi connectivity index (χ3n) is 5.91. The number of benzene rings is 1. The Balaban J connectivity index is 1.53. The molecule has 2 aliphatic carbocycles. The first-order valence-electron chi connectivity index (χ1n) is 10.4. The van der Waals surface area contributed by atoms with Gasteiger partial charge in [-0.05, 0) is 82.6 Å². The Labute approximate surface area is 167 Å². The van der Waals surface area contributed by atoms with E-state index in [9.17, 15) is 10.1 Å². The summed E-state index contributed by atoms with van der Waals surface area (Å²) >= 11 is 0. The van der Waals surface area contributed by atoms with Crippen LogP contribution in [0.1, 0.15) is 69.6 Å². The number of nitrogens with zero attached hydrogens (tertiary/aromatic N) is 2. The van der Waals surface area contributed by atoms with Crippen LogP contribution in [0, 0.1) is 11.3 Å². The largest absolute Gasteiger partial charge is 0.444 e. The molecule has 3 aliphatic rings. The molecule has 0 saturated carbocycles. The maximum absolute atomic E-state index is 12.3. The number of fused-ring (bicyclic) bond motifs is 2. The van der Waals surface area contributed by atoms with Crippen LogP contribution in [0.3, 0.4) is 0 Å². The second kappa shape index (κ2) is 7.16. The van der Waals surface area contributed by atoms with E-state index in [2.05, 4.69) is 17.5 Å². The Morgan fingerprint density at radius 3 is 2.82 bits per heavy atom. The van der Waals surface area contributed by atoms with Crippen molar-refractivity contribution in [3.8, 4) is 6.07 Å². The number of allylic oxidation sites excluding steroid dienone is 2. The smallest absolute Gasteiger partial charge is 0.410 e. The zero-order chi connectivity index (χ0) is 19.9. The third kappa shape index (κ3) is 3.61. The summed E-state index contributed by atoms with van der Waals surface area (Å²) in [6, 6.07) is 6.58. The minimum atomic E-state index is -0.472. The van der Waals surface area contributed by atoms with Gasteiger partial charge in [0, 0.05) is 30.4 Å². The zero-order valence-electron chi connectivity index (χ0n) is 17.1. The fraction of sp³-hybridized carbons (Fsp3) is 0.565. The molecule has 0 aromatic heterocycles. The predicted molar refractivity (Wildman–Crippen MR) is 110 cm³/mol. The van der Waals surface area contributed by atoms with E-state index >= 15 is 0 Å². The van der Waals surface area contributed by atoms with Gasteiger partial charge in [-0.2, -0.15) is 5.26 Å². The molecule has 1 heterocycles. The van der Waals surface area contributed by atoms with Gasteiger partial charge >= 0.3 is 6.09 Å². The fourth-order valence-electron chi connectivity index (χ4n) is 4.67. The van der Waals surface area contributed by atoms with Crippen LogP contribution in [0.4, 0.5) is 10.5 Å². The molecule has 1 aromatic rings. The number of nitrogens with one attached hydrogen (secondary N) is 1. The second-order valence-electron chi connectivity index (χ2n) is 9.15. The lowest BCUT2D eigenvalue weighted by atomic mass is 9.91. The monoisotopic (exact) mass is 379 g/mol. The van der Waals surface area contributed by atoms with Crippen LogP contribution in [0.5, 0.6) is 0 Å². The Morgan fingerprint density at radius 2 is 2.07 bits per heavy atom. The number of anilines is 1. The summed E-state index contributed by atoms with van der Waals surface area (Å²) in [5.74, 6) is 0. The minimum Gasteiger partial charge on any atom is -0.444 e. The molecule has 0 radical (unpaired) electrons. The second-order valence-corrected chi connectivity index (χ2v) is 9.15. The maximum Gasteiger partial charge on any atom is 0.410 e. The summed E-state index contributed by atoms with van der Waals surface area (Å²) in [4.78, 5) is 14.1. The van der Waals surface area contributed by atoms with Gasteiger partial charge in [0.2, 0.25) is 0 Å². The SMILES string of the molecule is CC(C)(C)OC(=O)N1CC[C@H](Nc2ccc(C#N)c3c2C2=C(CCCC2)C3)C1. The molecule has 5 heteroatoms. The molecule has 1 N–H and O–H groups in total. The van der Waals surface area contributed by atoms with Crippen molar-refractivity contribution in [1.82, 2.24) is 4.90 Å². The number of likely N-dealkylation sites (tertiary alicyclic amines) is 1.